The van der Waals surface area contributed by atoms with Crippen LogP contribution in [0.15, 0.2) is 24.3 Å². The van der Waals surface area contributed by atoms with E-state index < -0.39 is 24.9 Å². The second-order valence-electron chi connectivity index (χ2n) is 5.12. The largest absolute Gasteiger partial charge is 0.484 e. The third-order valence-electron chi connectivity index (χ3n) is 3.19. The van der Waals surface area contributed by atoms with Gasteiger partial charge >= 0.3 is 6.18 Å². The normalized spacial score (nSPS) is 21.6. The number of ether oxygens (including phenoxy) is 1. The van der Waals surface area contributed by atoms with Gasteiger partial charge in [0.2, 0.25) is 5.91 Å². The van der Waals surface area contributed by atoms with E-state index in [1.807, 2.05) is 0 Å². The summed E-state index contributed by atoms with van der Waals surface area (Å²) in [6, 6.07) is 5.66. The molecule has 1 saturated heterocycles. The van der Waals surface area contributed by atoms with Gasteiger partial charge in [-0.2, -0.15) is 13.2 Å². The number of carbonyl (C=O) groups is 1. The van der Waals surface area contributed by atoms with Crippen LogP contribution >= 0.6 is 0 Å². The number of β-amino-alcohol motifs (C(OH)–C–C–N with tert-alkyl or cyclic N) is 1. The maximum absolute atomic E-state index is 12.1. The molecule has 2 rings (SSSR count). The fourth-order valence-electron chi connectivity index (χ4n) is 2.14. The number of hydrogen-bond acceptors (Lipinski definition) is 4. The number of aliphatic hydroxyl groups excluding tert-OH is 1. The van der Waals surface area contributed by atoms with Crippen LogP contribution in [-0.2, 0) is 11.3 Å². The van der Waals surface area contributed by atoms with Crippen LogP contribution in [0.3, 0.4) is 0 Å². The summed E-state index contributed by atoms with van der Waals surface area (Å²) in [7, 11) is 0. The first-order chi connectivity index (χ1) is 10.3. The molecule has 0 aromatic heterocycles. The molecule has 0 bridgehead atoms. The van der Waals surface area contributed by atoms with Gasteiger partial charge in [-0.1, -0.05) is 12.1 Å². The Bertz CT molecular complexity index is 522. The zero-order valence-corrected chi connectivity index (χ0v) is 11.7. The fraction of sp³-hybridized carbons (Fsp3) is 0.500. The highest BCUT2D eigenvalue weighted by atomic mass is 19.4. The maximum atomic E-state index is 12.1. The van der Waals surface area contributed by atoms with Gasteiger partial charge in [0.15, 0.2) is 6.61 Å². The molecule has 2 atom stereocenters. The van der Waals surface area contributed by atoms with Crippen molar-refractivity contribution in [2.45, 2.75) is 31.3 Å². The van der Waals surface area contributed by atoms with Crippen LogP contribution in [-0.4, -0.2) is 42.5 Å². The summed E-state index contributed by atoms with van der Waals surface area (Å²) in [6.07, 6.45) is -4.57. The van der Waals surface area contributed by atoms with Gasteiger partial charge in [0, 0.05) is 13.1 Å². The summed E-state index contributed by atoms with van der Waals surface area (Å²) in [5.41, 5.74) is 0.631. The fourth-order valence-corrected chi connectivity index (χ4v) is 2.14. The molecular weight excluding hydrogens is 301 g/mol. The molecule has 22 heavy (non-hydrogen) atoms. The summed E-state index contributed by atoms with van der Waals surface area (Å²) in [5, 5.41) is 14.9. The first-order valence-electron chi connectivity index (χ1n) is 6.81. The lowest BCUT2D eigenvalue weighted by atomic mass is 10.1. The van der Waals surface area contributed by atoms with Gasteiger partial charge in [-0.05, 0) is 24.1 Å². The number of aliphatic hydroxyl groups is 1. The maximum Gasteiger partial charge on any atom is 0.422 e. The van der Waals surface area contributed by atoms with Crippen molar-refractivity contribution in [1.82, 2.24) is 10.6 Å². The third kappa shape index (κ3) is 5.19. The Labute approximate surface area is 125 Å². The number of hydrogen-bond donors (Lipinski definition) is 3. The van der Waals surface area contributed by atoms with Crippen molar-refractivity contribution >= 4 is 5.91 Å². The van der Waals surface area contributed by atoms with Gasteiger partial charge in [0.1, 0.15) is 5.75 Å². The van der Waals surface area contributed by atoms with Gasteiger partial charge < -0.3 is 20.5 Å². The zero-order valence-electron chi connectivity index (χ0n) is 11.7. The van der Waals surface area contributed by atoms with Crippen molar-refractivity contribution in [3.05, 3.63) is 29.8 Å². The third-order valence-corrected chi connectivity index (χ3v) is 3.19. The number of alkyl halides is 3. The monoisotopic (exact) mass is 318 g/mol. The van der Waals surface area contributed by atoms with Crippen molar-refractivity contribution in [1.29, 1.82) is 0 Å². The van der Waals surface area contributed by atoms with Crippen LogP contribution in [0, 0.1) is 0 Å². The second kappa shape index (κ2) is 6.97. The quantitative estimate of drug-likeness (QED) is 0.756. The Hall–Kier alpha value is -1.80. The van der Waals surface area contributed by atoms with E-state index in [1.165, 1.54) is 12.1 Å². The van der Waals surface area contributed by atoms with Crippen molar-refractivity contribution in [2.24, 2.45) is 0 Å². The highest BCUT2D eigenvalue weighted by molar-refractivity contribution is 5.82. The summed E-state index contributed by atoms with van der Waals surface area (Å²) in [6.45, 7) is -0.804. The van der Waals surface area contributed by atoms with Gasteiger partial charge in [0.05, 0.1) is 12.1 Å². The minimum Gasteiger partial charge on any atom is -0.484 e. The molecule has 8 heteroatoms. The molecule has 1 aromatic rings. The minimum atomic E-state index is -4.39. The number of amides is 1. The summed E-state index contributed by atoms with van der Waals surface area (Å²) in [5.74, 6) is -0.156. The van der Waals surface area contributed by atoms with E-state index in [0.29, 0.717) is 18.5 Å². The zero-order chi connectivity index (χ0) is 16.2. The topological polar surface area (TPSA) is 70.6 Å². The Morgan fingerprint density at radius 1 is 1.45 bits per heavy atom. The molecule has 3 N–H and O–H groups in total. The number of carbonyl (C=O) groups excluding carboxylic acids is 1. The van der Waals surface area contributed by atoms with Gasteiger partial charge in [0.25, 0.3) is 0 Å². The van der Waals surface area contributed by atoms with E-state index in [-0.39, 0.29) is 18.2 Å². The minimum absolute atomic E-state index is 0.0958. The molecule has 1 amide bonds. The molecule has 0 unspecified atom stereocenters. The highest BCUT2D eigenvalue weighted by Gasteiger charge is 2.29. The van der Waals surface area contributed by atoms with E-state index in [0.717, 1.165) is 0 Å². The average molecular weight is 318 g/mol. The Kier molecular flexibility index (Phi) is 5.25. The van der Waals surface area contributed by atoms with E-state index in [1.54, 1.807) is 12.1 Å². The lowest BCUT2D eigenvalue weighted by molar-refractivity contribution is -0.153. The van der Waals surface area contributed by atoms with Crippen molar-refractivity contribution in [3.8, 4) is 5.75 Å². The molecule has 5 nitrogen and oxygen atoms in total. The summed E-state index contributed by atoms with van der Waals surface area (Å²) < 4.78 is 40.9. The van der Waals surface area contributed by atoms with Crippen LogP contribution in [0.2, 0.25) is 0 Å². The smallest absolute Gasteiger partial charge is 0.422 e. The Morgan fingerprint density at radius 2 is 2.23 bits per heavy atom. The highest BCUT2D eigenvalue weighted by Crippen LogP contribution is 2.19. The van der Waals surface area contributed by atoms with Crippen LogP contribution in [0.1, 0.15) is 12.0 Å². The molecule has 0 saturated carbocycles. The molecule has 0 spiro atoms. The number of benzene rings is 1. The molecule has 1 heterocycles. The van der Waals surface area contributed by atoms with Crippen LogP contribution in [0.4, 0.5) is 13.2 Å². The predicted molar refractivity (Wildman–Crippen MR) is 72.3 cm³/mol. The van der Waals surface area contributed by atoms with E-state index in [4.69, 9.17) is 0 Å². The predicted octanol–water partition coefficient (Wildman–Crippen LogP) is 0.967. The van der Waals surface area contributed by atoms with E-state index in [9.17, 15) is 23.1 Å². The van der Waals surface area contributed by atoms with E-state index in [2.05, 4.69) is 15.4 Å². The molecule has 122 valence electrons. The molecular formula is C14H17F3N2O3. The number of halogens is 3. The van der Waals surface area contributed by atoms with Gasteiger partial charge in [-0.3, -0.25) is 4.79 Å². The SMILES string of the molecule is O=C(NCc1cccc(OCC(F)(F)F)c1)[C@@H]1C[C@H](O)CN1. The van der Waals surface area contributed by atoms with Crippen LogP contribution in [0.25, 0.3) is 0 Å². The molecule has 1 fully saturated rings. The first kappa shape index (κ1) is 16.6. The second-order valence-corrected chi connectivity index (χ2v) is 5.12. The van der Waals surface area contributed by atoms with Crippen molar-refractivity contribution < 1.29 is 27.8 Å². The lowest BCUT2D eigenvalue weighted by Gasteiger charge is -2.12. The standard InChI is InChI=1S/C14H17F3N2O3/c15-14(16,17)8-22-11-3-1-2-9(4-11)6-19-13(21)12-5-10(20)7-18-12/h1-4,10,12,18,20H,5-8H2,(H,19,21)/t10-,12-/m0/s1. The Morgan fingerprint density at radius 3 is 2.86 bits per heavy atom. The van der Waals surface area contributed by atoms with Crippen molar-refractivity contribution in [2.75, 3.05) is 13.2 Å². The number of rotatable bonds is 5. The molecule has 0 aliphatic carbocycles. The first-order valence-corrected chi connectivity index (χ1v) is 6.81. The van der Waals surface area contributed by atoms with Gasteiger partial charge in [-0.15, -0.1) is 0 Å². The molecule has 1 aliphatic heterocycles. The van der Waals surface area contributed by atoms with Gasteiger partial charge in [-0.25, -0.2) is 0 Å². The van der Waals surface area contributed by atoms with E-state index >= 15 is 0 Å². The Balaban J connectivity index is 1.84. The van der Waals surface area contributed by atoms with Crippen molar-refractivity contribution in [3.63, 3.8) is 0 Å². The molecule has 1 aromatic carbocycles. The molecule has 1 aliphatic rings. The van der Waals surface area contributed by atoms with Crippen LogP contribution < -0.4 is 15.4 Å². The average Bonchev–Trinajstić information content (AvgIpc) is 2.89. The summed E-state index contributed by atoms with van der Waals surface area (Å²) in [4.78, 5) is 11.8. The number of nitrogens with one attached hydrogen (secondary N) is 2. The lowest BCUT2D eigenvalue weighted by Crippen LogP contribution is -2.40. The summed E-state index contributed by atoms with van der Waals surface area (Å²) >= 11 is 0. The van der Waals surface area contributed by atoms with Crippen LogP contribution in [0.5, 0.6) is 5.75 Å². The molecule has 0 radical (unpaired) electrons.